The molecule has 0 amide bonds. The van der Waals surface area contributed by atoms with Gasteiger partial charge in [-0.25, -0.2) is 0 Å². The second kappa shape index (κ2) is 5.34. The SMILES string of the molecule is CNC(c1ccc2[nH]c(=O)c(=O)[nH]c2c1)c1ccc(Br)o1. The fourth-order valence-corrected chi connectivity index (χ4v) is 2.59. The summed E-state index contributed by atoms with van der Waals surface area (Å²) in [6.07, 6.45) is 0. The lowest BCUT2D eigenvalue weighted by Gasteiger charge is -2.14. The molecular formula is C14H12BrN3O3. The Kier molecular flexibility index (Phi) is 3.52. The number of nitrogens with one attached hydrogen (secondary N) is 3. The number of benzene rings is 1. The van der Waals surface area contributed by atoms with Crippen molar-refractivity contribution >= 4 is 27.0 Å². The molecule has 0 spiro atoms. The summed E-state index contributed by atoms with van der Waals surface area (Å²) in [5.74, 6) is 0.746. The van der Waals surface area contributed by atoms with E-state index in [0.29, 0.717) is 15.7 Å². The maximum Gasteiger partial charge on any atom is 0.314 e. The highest BCUT2D eigenvalue weighted by atomic mass is 79.9. The van der Waals surface area contributed by atoms with Crippen LogP contribution in [0.1, 0.15) is 17.4 Å². The molecule has 0 aliphatic heterocycles. The van der Waals surface area contributed by atoms with Crippen molar-refractivity contribution in [1.82, 2.24) is 15.3 Å². The number of halogens is 1. The van der Waals surface area contributed by atoms with Crippen LogP contribution in [0.4, 0.5) is 0 Å². The van der Waals surface area contributed by atoms with E-state index in [1.54, 1.807) is 6.07 Å². The van der Waals surface area contributed by atoms with E-state index in [2.05, 4.69) is 31.2 Å². The average Bonchev–Trinajstić information content (AvgIpc) is 2.87. The van der Waals surface area contributed by atoms with Crippen molar-refractivity contribution in [3.8, 4) is 0 Å². The smallest absolute Gasteiger partial charge is 0.314 e. The van der Waals surface area contributed by atoms with Crippen molar-refractivity contribution in [2.24, 2.45) is 0 Å². The Balaban J connectivity index is 2.13. The van der Waals surface area contributed by atoms with Crippen molar-refractivity contribution in [1.29, 1.82) is 0 Å². The van der Waals surface area contributed by atoms with E-state index in [1.165, 1.54) is 0 Å². The predicted octanol–water partition coefficient (Wildman–Crippen LogP) is 1.88. The van der Waals surface area contributed by atoms with Gasteiger partial charge in [-0.2, -0.15) is 0 Å². The lowest BCUT2D eigenvalue weighted by atomic mass is 10.0. The molecule has 6 nitrogen and oxygen atoms in total. The van der Waals surface area contributed by atoms with Crippen molar-refractivity contribution in [3.05, 3.63) is 67.0 Å². The minimum absolute atomic E-state index is 0.156. The first kappa shape index (κ1) is 13.8. The second-order valence-electron chi connectivity index (χ2n) is 4.58. The molecule has 1 aromatic carbocycles. The van der Waals surface area contributed by atoms with Gasteiger partial charge in [-0.05, 0) is 52.8 Å². The van der Waals surface area contributed by atoms with Gasteiger partial charge in [0.1, 0.15) is 5.76 Å². The first-order valence-corrected chi connectivity index (χ1v) is 7.06. The number of fused-ring (bicyclic) bond motifs is 1. The molecule has 3 N–H and O–H groups in total. The Morgan fingerprint density at radius 2 is 1.81 bits per heavy atom. The fraction of sp³-hybridized carbons (Fsp3) is 0.143. The normalized spacial score (nSPS) is 12.7. The second-order valence-corrected chi connectivity index (χ2v) is 5.36. The number of furan rings is 1. The van der Waals surface area contributed by atoms with E-state index in [-0.39, 0.29) is 6.04 Å². The van der Waals surface area contributed by atoms with Gasteiger partial charge in [-0.1, -0.05) is 6.07 Å². The van der Waals surface area contributed by atoms with E-state index < -0.39 is 11.1 Å². The van der Waals surface area contributed by atoms with E-state index >= 15 is 0 Å². The summed E-state index contributed by atoms with van der Waals surface area (Å²) in [4.78, 5) is 27.8. The van der Waals surface area contributed by atoms with Crippen LogP contribution < -0.4 is 16.4 Å². The number of rotatable bonds is 3. The lowest BCUT2D eigenvalue weighted by Crippen LogP contribution is -2.29. The molecule has 21 heavy (non-hydrogen) atoms. The van der Waals surface area contributed by atoms with Gasteiger partial charge in [0.05, 0.1) is 17.1 Å². The van der Waals surface area contributed by atoms with Crippen molar-refractivity contribution in [2.45, 2.75) is 6.04 Å². The highest BCUT2D eigenvalue weighted by molar-refractivity contribution is 9.10. The van der Waals surface area contributed by atoms with Crippen LogP contribution in [0.2, 0.25) is 0 Å². The Bertz CT molecular complexity index is 909. The van der Waals surface area contributed by atoms with Gasteiger partial charge in [0.2, 0.25) is 0 Å². The van der Waals surface area contributed by atoms with Gasteiger partial charge in [0, 0.05) is 0 Å². The van der Waals surface area contributed by atoms with E-state index in [1.807, 2.05) is 31.3 Å². The van der Waals surface area contributed by atoms with Gasteiger partial charge < -0.3 is 19.7 Å². The quantitative estimate of drug-likeness (QED) is 0.629. The molecule has 1 atom stereocenters. The zero-order chi connectivity index (χ0) is 15.0. The molecule has 0 aliphatic carbocycles. The van der Waals surface area contributed by atoms with Gasteiger partial charge >= 0.3 is 11.1 Å². The van der Waals surface area contributed by atoms with Crippen LogP contribution in [-0.2, 0) is 0 Å². The molecule has 0 saturated heterocycles. The topological polar surface area (TPSA) is 90.9 Å². The maximum atomic E-state index is 11.4. The molecule has 7 heteroatoms. The van der Waals surface area contributed by atoms with E-state index in [4.69, 9.17) is 4.42 Å². The molecule has 3 rings (SSSR count). The summed E-state index contributed by atoms with van der Waals surface area (Å²) in [5, 5.41) is 3.16. The van der Waals surface area contributed by atoms with Crippen LogP contribution in [0, 0.1) is 0 Å². The van der Waals surface area contributed by atoms with Crippen LogP contribution in [0.5, 0.6) is 0 Å². The third-order valence-corrected chi connectivity index (χ3v) is 3.67. The molecule has 0 aliphatic rings. The third-order valence-electron chi connectivity index (χ3n) is 3.25. The molecule has 108 valence electrons. The highest BCUT2D eigenvalue weighted by Gasteiger charge is 2.16. The molecular weight excluding hydrogens is 338 g/mol. The number of aromatic amines is 2. The number of H-pyrrole nitrogens is 2. The fourth-order valence-electron chi connectivity index (χ4n) is 2.27. The first-order valence-electron chi connectivity index (χ1n) is 6.27. The maximum absolute atomic E-state index is 11.4. The van der Waals surface area contributed by atoms with Crippen LogP contribution in [0.25, 0.3) is 11.0 Å². The largest absolute Gasteiger partial charge is 0.452 e. The Morgan fingerprint density at radius 3 is 2.43 bits per heavy atom. The number of hydrogen-bond acceptors (Lipinski definition) is 4. The molecule has 3 aromatic rings. The van der Waals surface area contributed by atoms with Gasteiger partial charge in [-0.3, -0.25) is 9.59 Å². The number of hydrogen-bond donors (Lipinski definition) is 3. The summed E-state index contributed by atoms with van der Waals surface area (Å²) in [6, 6.07) is 8.96. The minimum Gasteiger partial charge on any atom is -0.452 e. The highest BCUT2D eigenvalue weighted by Crippen LogP contribution is 2.26. The third kappa shape index (κ3) is 2.57. The van der Waals surface area contributed by atoms with Gasteiger partial charge in [0.25, 0.3) is 0 Å². The summed E-state index contributed by atoms with van der Waals surface area (Å²) in [5.41, 5.74) is 0.744. The Morgan fingerprint density at radius 1 is 1.10 bits per heavy atom. The molecule has 1 unspecified atom stereocenters. The standard InChI is InChI=1S/C14H12BrN3O3/c1-16-12(10-4-5-11(15)21-10)7-2-3-8-9(6-7)18-14(20)13(19)17-8/h2-6,12,16H,1H3,(H,17,19)(H,18,20). The average molecular weight is 350 g/mol. The summed E-state index contributed by atoms with van der Waals surface area (Å²) in [7, 11) is 1.82. The first-order chi connectivity index (χ1) is 10.1. The Labute approximate surface area is 127 Å². The molecule has 0 radical (unpaired) electrons. The Hall–Kier alpha value is -2.12. The molecule has 0 saturated carbocycles. The van der Waals surface area contributed by atoms with Gasteiger partial charge in [0.15, 0.2) is 4.67 Å². The lowest BCUT2D eigenvalue weighted by molar-refractivity contribution is 0.447. The molecule has 0 bridgehead atoms. The van der Waals surface area contributed by atoms with E-state index in [0.717, 1.165) is 11.3 Å². The monoisotopic (exact) mass is 349 g/mol. The zero-order valence-electron chi connectivity index (χ0n) is 11.1. The summed E-state index contributed by atoms with van der Waals surface area (Å²) in [6.45, 7) is 0. The van der Waals surface area contributed by atoms with Crippen LogP contribution in [-0.4, -0.2) is 17.0 Å². The van der Waals surface area contributed by atoms with Crippen LogP contribution in [0.15, 0.2) is 49.0 Å². The molecule has 0 fully saturated rings. The van der Waals surface area contributed by atoms with Crippen molar-refractivity contribution < 1.29 is 4.42 Å². The van der Waals surface area contributed by atoms with Crippen molar-refractivity contribution in [3.63, 3.8) is 0 Å². The van der Waals surface area contributed by atoms with Crippen molar-refractivity contribution in [2.75, 3.05) is 7.05 Å². The molecule has 2 heterocycles. The van der Waals surface area contributed by atoms with Crippen LogP contribution >= 0.6 is 15.9 Å². The predicted molar refractivity (Wildman–Crippen MR) is 82.5 cm³/mol. The molecule has 2 aromatic heterocycles. The summed E-state index contributed by atoms with van der Waals surface area (Å²) >= 11 is 3.28. The van der Waals surface area contributed by atoms with Gasteiger partial charge in [-0.15, -0.1) is 0 Å². The van der Waals surface area contributed by atoms with E-state index in [9.17, 15) is 9.59 Å². The summed E-state index contributed by atoms with van der Waals surface area (Å²) < 4.78 is 6.22. The number of aromatic nitrogens is 2. The minimum atomic E-state index is -0.665. The van der Waals surface area contributed by atoms with Crippen LogP contribution in [0.3, 0.4) is 0 Å². The zero-order valence-corrected chi connectivity index (χ0v) is 12.7.